The number of amides is 1. The highest BCUT2D eigenvalue weighted by Gasteiger charge is 2.29. The molecule has 1 atom stereocenters. The van der Waals surface area contributed by atoms with Crippen molar-refractivity contribution in [1.82, 2.24) is 5.32 Å². The first-order valence-corrected chi connectivity index (χ1v) is 7.18. The van der Waals surface area contributed by atoms with Crippen LogP contribution in [0, 0.1) is 5.41 Å². The maximum absolute atomic E-state index is 12.1. The molecule has 2 rings (SSSR count). The lowest BCUT2D eigenvalue weighted by Crippen LogP contribution is -2.40. The van der Waals surface area contributed by atoms with Gasteiger partial charge in [-0.05, 0) is 17.4 Å². The molecule has 5 nitrogen and oxygen atoms in total. The Hall–Kier alpha value is -1.88. The molecule has 5 heteroatoms. The van der Waals surface area contributed by atoms with Crippen LogP contribution in [0.25, 0.3) is 0 Å². The van der Waals surface area contributed by atoms with Gasteiger partial charge in [-0.1, -0.05) is 49.3 Å². The molecule has 0 fully saturated rings. The van der Waals surface area contributed by atoms with Crippen LogP contribution in [0.1, 0.15) is 32.3 Å². The summed E-state index contributed by atoms with van der Waals surface area (Å²) >= 11 is 0. The predicted octanol–water partition coefficient (Wildman–Crippen LogP) is 1.70. The number of aliphatic hydroxyl groups excluding tert-OH is 1. The van der Waals surface area contributed by atoms with Crippen LogP contribution in [-0.2, 0) is 9.63 Å². The highest BCUT2D eigenvalue weighted by atomic mass is 16.6. The van der Waals surface area contributed by atoms with E-state index >= 15 is 0 Å². The van der Waals surface area contributed by atoms with Gasteiger partial charge in [-0.2, -0.15) is 0 Å². The van der Waals surface area contributed by atoms with Gasteiger partial charge < -0.3 is 15.3 Å². The van der Waals surface area contributed by atoms with Crippen molar-refractivity contribution in [3.63, 3.8) is 0 Å². The minimum absolute atomic E-state index is 0.115. The number of nitrogens with one attached hydrogen (secondary N) is 1. The summed E-state index contributed by atoms with van der Waals surface area (Å²) in [5.74, 6) is -0.157. The van der Waals surface area contributed by atoms with Gasteiger partial charge >= 0.3 is 0 Å². The maximum Gasteiger partial charge on any atom is 0.264 e. The van der Waals surface area contributed by atoms with Crippen molar-refractivity contribution in [2.75, 3.05) is 13.2 Å². The smallest absolute Gasteiger partial charge is 0.264 e. The molecule has 2 N–H and O–H groups in total. The third kappa shape index (κ3) is 4.29. The van der Waals surface area contributed by atoms with Crippen LogP contribution < -0.4 is 5.32 Å². The third-order valence-electron chi connectivity index (χ3n) is 3.60. The Bertz CT molecular complexity index is 512. The number of carbonyl (C=O) groups is 1. The summed E-state index contributed by atoms with van der Waals surface area (Å²) in [5.41, 5.74) is 1.64. The van der Waals surface area contributed by atoms with E-state index in [-0.39, 0.29) is 17.9 Å². The minimum Gasteiger partial charge on any atom is -0.396 e. The summed E-state index contributed by atoms with van der Waals surface area (Å²) in [7, 11) is 0. The molecule has 1 unspecified atom stereocenters. The van der Waals surface area contributed by atoms with Crippen molar-refractivity contribution in [3.8, 4) is 0 Å². The Kier molecular flexibility index (Phi) is 4.96. The summed E-state index contributed by atoms with van der Waals surface area (Å²) < 4.78 is 0. The van der Waals surface area contributed by atoms with Gasteiger partial charge in [0.05, 0.1) is 5.71 Å². The van der Waals surface area contributed by atoms with Gasteiger partial charge in [-0.3, -0.25) is 4.79 Å². The first-order valence-electron chi connectivity index (χ1n) is 7.18. The van der Waals surface area contributed by atoms with Gasteiger partial charge in [0.15, 0.2) is 0 Å². The molecule has 0 radical (unpaired) electrons. The van der Waals surface area contributed by atoms with Crippen LogP contribution in [-0.4, -0.2) is 36.0 Å². The molecule has 114 valence electrons. The number of hydrogen-bond donors (Lipinski definition) is 2. The van der Waals surface area contributed by atoms with Gasteiger partial charge in [0.25, 0.3) is 5.91 Å². The molecule has 0 saturated carbocycles. The van der Waals surface area contributed by atoms with Crippen LogP contribution >= 0.6 is 0 Å². The van der Waals surface area contributed by atoms with Crippen molar-refractivity contribution in [2.24, 2.45) is 10.6 Å². The van der Waals surface area contributed by atoms with E-state index in [2.05, 4.69) is 10.5 Å². The monoisotopic (exact) mass is 290 g/mol. The Morgan fingerprint density at radius 3 is 2.81 bits per heavy atom. The Morgan fingerprint density at radius 2 is 2.14 bits per heavy atom. The molecule has 1 aromatic rings. The number of hydrogen-bond acceptors (Lipinski definition) is 4. The average Bonchev–Trinajstić information content (AvgIpc) is 2.96. The zero-order chi connectivity index (χ0) is 15.3. The lowest BCUT2D eigenvalue weighted by molar-refractivity contribution is -0.131. The fourth-order valence-electron chi connectivity index (χ4n) is 2.15. The summed E-state index contributed by atoms with van der Waals surface area (Å²) in [6, 6.07) is 9.71. The van der Waals surface area contributed by atoms with Crippen molar-refractivity contribution in [3.05, 3.63) is 35.9 Å². The summed E-state index contributed by atoms with van der Waals surface area (Å²) in [4.78, 5) is 17.3. The first-order chi connectivity index (χ1) is 10.0. The topological polar surface area (TPSA) is 70.9 Å². The van der Waals surface area contributed by atoms with E-state index in [1.165, 1.54) is 0 Å². The number of aliphatic hydroxyl groups is 1. The average molecular weight is 290 g/mol. The van der Waals surface area contributed by atoms with Gasteiger partial charge in [-0.25, -0.2) is 0 Å². The quantitative estimate of drug-likeness (QED) is 0.838. The highest BCUT2D eigenvalue weighted by Crippen LogP contribution is 2.20. The molecule has 1 amide bonds. The zero-order valence-electron chi connectivity index (χ0n) is 12.5. The summed E-state index contributed by atoms with van der Waals surface area (Å²) in [6.45, 7) is 4.63. The van der Waals surface area contributed by atoms with Gasteiger partial charge in [0, 0.05) is 19.6 Å². The molecule has 1 aliphatic rings. The normalized spacial score (nSPS) is 18.0. The summed E-state index contributed by atoms with van der Waals surface area (Å²) in [5, 5.41) is 15.9. The van der Waals surface area contributed by atoms with E-state index in [9.17, 15) is 4.79 Å². The first kappa shape index (κ1) is 15.5. The number of carbonyl (C=O) groups excluding carboxylic acids is 1. The van der Waals surface area contributed by atoms with Gasteiger partial charge in [0.1, 0.15) is 0 Å². The van der Waals surface area contributed by atoms with Crippen molar-refractivity contribution < 1.29 is 14.7 Å². The lowest BCUT2D eigenvalue weighted by Gasteiger charge is -2.24. The fourth-order valence-corrected chi connectivity index (χ4v) is 2.15. The molecule has 1 heterocycles. The van der Waals surface area contributed by atoms with Crippen LogP contribution in [0.5, 0.6) is 0 Å². The van der Waals surface area contributed by atoms with E-state index in [0.29, 0.717) is 19.4 Å². The lowest BCUT2D eigenvalue weighted by atomic mass is 9.89. The Labute approximate surface area is 125 Å². The van der Waals surface area contributed by atoms with Crippen LogP contribution in [0.4, 0.5) is 0 Å². The molecule has 0 aliphatic carbocycles. The van der Waals surface area contributed by atoms with E-state index in [1.54, 1.807) is 0 Å². The molecule has 1 aromatic carbocycles. The third-order valence-corrected chi connectivity index (χ3v) is 3.60. The maximum atomic E-state index is 12.1. The molecule has 21 heavy (non-hydrogen) atoms. The number of benzene rings is 1. The van der Waals surface area contributed by atoms with E-state index in [1.807, 2.05) is 44.2 Å². The van der Waals surface area contributed by atoms with Crippen molar-refractivity contribution in [2.45, 2.75) is 32.8 Å². The molecule has 0 spiro atoms. The van der Waals surface area contributed by atoms with E-state index in [4.69, 9.17) is 9.94 Å². The molecule has 0 saturated heterocycles. The Balaban J connectivity index is 1.84. The number of rotatable bonds is 6. The Morgan fingerprint density at radius 1 is 1.43 bits per heavy atom. The minimum atomic E-state index is -0.565. The second-order valence-electron chi connectivity index (χ2n) is 6.06. The summed E-state index contributed by atoms with van der Waals surface area (Å²) in [6.07, 6.45) is 0.561. The highest BCUT2D eigenvalue weighted by molar-refractivity contribution is 6.04. The van der Waals surface area contributed by atoms with Gasteiger partial charge in [0.2, 0.25) is 6.10 Å². The van der Waals surface area contributed by atoms with Crippen molar-refractivity contribution in [1.29, 1.82) is 0 Å². The second-order valence-corrected chi connectivity index (χ2v) is 6.06. The molecule has 0 bridgehead atoms. The molecular formula is C16H22N2O3. The van der Waals surface area contributed by atoms with Crippen molar-refractivity contribution >= 4 is 11.6 Å². The SMILES string of the molecule is CC(C)(CCO)CNC(=O)C1CC(c2ccccc2)=NO1. The van der Waals surface area contributed by atoms with Crippen LogP contribution in [0.15, 0.2) is 35.5 Å². The number of nitrogens with zero attached hydrogens (tertiary/aromatic N) is 1. The largest absolute Gasteiger partial charge is 0.396 e. The second kappa shape index (κ2) is 6.72. The zero-order valence-corrected chi connectivity index (χ0v) is 12.5. The molecular weight excluding hydrogens is 268 g/mol. The molecule has 0 aromatic heterocycles. The van der Waals surface area contributed by atoms with Crippen LogP contribution in [0.2, 0.25) is 0 Å². The van der Waals surface area contributed by atoms with E-state index < -0.39 is 6.10 Å². The molecule has 1 aliphatic heterocycles. The van der Waals surface area contributed by atoms with Crippen LogP contribution in [0.3, 0.4) is 0 Å². The predicted molar refractivity (Wildman–Crippen MR) is 81.0 cm³/mol. The van der Waals surface area contributed by atoms with E-state index in [0.717, 1.165) is 11.3 Å². The number of oxime groups is 1. The van der Waals surface area contributed by atoms with Gasteiger partial charge in [-0.15, -0.1) is 0 Å². The fraction of sp³-hybridized carbons (Fsp3) is 0.500. The standard InChI is InChI=1S/C16H22N2O3/c1-16(2,8-9-19)11-17-15(20)14-10-13(18-21-14)12-6-4-3-5-7-12/h3-7,14,19H,8-11H2,1-2H3,(H,17,20).